The molecular formula is C28H39N5O. The van der Waals surface area contributed by atoms with E-state index in [0.717, 1.165) is 55.8 Å². The van der Waals surface area contributed by atoms with Gasteiger partial charge in [0.25, 0.3) is 0 Å². The summed E-state index contributed by atoms with van der Waals surface area (Å²) in [7, 11) is 4.08. The predicted molar refractivity (Wildman–Crippen MR) is 140 cm³/mol. The van der Waals surface area contributed by atoms with Crippen molar-refractivity contribution in [2.75, 3.05) is 50.2 Å². The minimum atomic E-state index is 0.600. The van der Waals surface area contributed by atoms with E-state index in [1.54, 1.807) is 0 Å². The van der Waals surface area contributed by atoms with Gasteiger partial charge in [0.05, 0.1) is 29.2 Å². The molecular weight excluding hydrogens is 422 g/mol. The lowest BCUT2D eigenvalue weighted by Gasteiger charge is -2.31. The molecule has 1 atom stereocenters. The van der Waals surface area contributed by atoms with E-state index in [0.29, 0.717) is 5.92 Å². The normalized spacial score (nSPS) is 18.4. The van der Waals surface area contributed by atoms with Crippen molar-refractivity contribution in [1.29, 1.82) is 0 Å². The molecule has 0 spiro atoms. The van der Waals surface area contributed by atoms with Crippen molar-refractivity contribution in [3.8, 4) is 11.3 Å². The number of aryl methyl sites for hydroxylation is 3. The topological polar surface area (TPSA) is 45.9 Å². The van der Waals surface area contributed by atoms with E-state index in [1.807, 2.05) is 14.1 Å². The zero-order chi connectivity index (χ0) is 23.8. The maximum absolute atomic E-state index is 5.84. The maximum Gasteiger partial charge on any atom is 0.128 e. The summed E-state index contributed by atoms with van der Waals surface area (Å²) >= 11 is 0. The Hall–Kier alpha value is -2.60. The van der Waals surface area contributed by atoms with E-state index in [1.165, 1.54) is 53.7 Å². The van der Waals surface area contributed by atoms with Crippen LogP contribution in [0.25, 0.3) is 16.8 Å². The van der Waals surface area contributed by atoms with Gasteiger partial charge in [0.15, 0.2) is 0 Å². The Balaban J connectivity index is 1.61. The predicted octanol–water partition coefficient (Wildman–Crippen LogP) is 5.28. The summed E-state index contributed by atoms with van der Waals surface area (Å²) < 4.78 is 8.02. The fraction of sp³-hybridized carbons (Fsp3) is 0.571. The lowest BCUT2D eigenvalue weighted by Crippen LogP contribution is -2.35. The molecule has 2 aliphatic rings. The molecule has 0 amide bonds. The third-order valence-electron chi connectivity index (χ3n) is 7.36. The second-order valence-corrected chi connectivity index (χ2v) is 10.4. The van der Waals surface area contributed by atoms with Crippen LogP contribution in [0.3, 0.4) is 0 Å². The zero-order valence-corrected chi connectivity index (χ0v) is 21.5. The first-order valence-corrected chi connectivity index (χ1v) is 13.0. The smallest absolute Gasteiger partial charge is 0.128 e. The highest BCUT2D eigenvalue weighted by molar-refractivity contribution is 5.80. The Kier molecular flexibility index (Phi) is 6.52. The number of fused-ring (bicyclic) bond motifs is 1. The highest BCUT2D eigenvalue weighted by Crippen LogP contribution is 2.37. The first-order chi connectivity index (χ1) is 16.5. The molecule has 1 saturated carbocycles. The van der Waals surface area contributed by atoms with Crippen LogP contribution < -0.4 is 9.80 Å². The second kappa shape index (κ2) is 9.57. The molecule has 6 nitrogen and oxygen atoms in total. The fourth-order valence-electron chi connectivity index (χ4n) is 5.44. The summed E-state index contributed by atoms with van der Waals surface area (Å²) in [5.41, 5.74) is 8.31. The van der Waals surface area contributed by atoms with Crippen LogP contribution in [0.5, 0.6) is 0 Å². The van der Waals surface area contributed by atoms with Crippen LogP contribution in [0.4, 0.5) is 11.5 Å². The fourth-order valence-corrected chi connectivity index (χ4v) is 5.44. The summed E-state index contributed by atoms with van der Waals surface area (Å²) in [4.78, 5) is 9.60. The minimum absolute atomic E-state index is 0.600. The largest absolute Gasteiger partial charge is 0.381 e. The van der Waals surface area contributed by atoms with Crippen LogP contribution in [-0.2, 0) is 11.2 Å². The molecule has 34 heavy (non-hydrogen) atoms. The van der Waals surface area contributed by atoms with E-state index in [2.05, 4.69) is 59.4 Å². The Morgan fingerprint density at radius 3 is 2.53 bits per heavy atom. The quantitative estimate of drug-likeness (QED) is 0.456. The number of anilines is 2. The van der Waals surface area contributed by atoms with Crippen molar-refractivity contribution in [2.24, 2.45) is 11.8 Å². The SMILES string of the molecule is CCc1nn2c(-c3c(C)cc(N(C)C)nc3C)cccc2c1N(CC1CC1)CC1CCCOC1. The average Bonchev–Trinajstić information content (AvgIpc) is 3.55. The summed E-state index contributed by atoms with van der Waals surface area (Å²) in [6.07, 6.45) is 6.07. The number of rotatable bonds is 8. The van der Waals surface area contributed by atoms with Gasteiger partial charge in [0.1, 0.15) is 5.82 Å². The van der Waals surface area contributed by atoms with E-state index in [-0.39, 0.29) is 0 Å². The van der Waals surface area contributed by atoms with Gasteiger partial charge in [-0.3, -0.25) is 0 Å². The number of ether oxygens (including phenoxy) is 1. The summed E-state index contributed by atoms with van der Waals surface area (Å²) in [6, 6.07) is 8.80. The number of hydrogen-bond donors (Lipinski definition) is 0. The van der Waals surface area contributed by atoms with Crippen molar-refractivity contribution in [3.05, 3.63) is 41.2 Å². The third kappa shape index (κ3) is 4.52. The first-order valence-electron chi connectivity index (χ1n) is 13.0. The molecule has 0 aromatic carbocycles. The van der Waals surface area contributed by atoms with Crippen LogP contribution in [0.1, 0.15) is 49.6 Å². The van der Waals surface area contributed by atoms with Gasteiger partial charge in [-0.05, 0) is 81.5 Å². The van der Waals surface area contributed by atoms with Crippen molar-refractivity contribution in [3.63, 3.8) is 0 Å². The van der Waals surface area contributed by atoms with Gasteiger partial charge in [0.2, 0.25) is 0 Å². The number of nitrogens with zero attached hydrogens (tertiary/aromatic N) is 5. The van der Waals surface area contributed by atoms with E-state index >= 15 is 0 Å². The molecule has 0 bridgehead atoms. The van der Waals surface area contributed by atoms with Gasteiger partial charge in [0, 0.05) is 45.0 Å². The molecule has 3 aromatic rings. The second-order valence-electron chi connectivity index (χ2n) is 10.4. The van der Waals surface area contributed by atoms with Crippen molar-refractivity contribution >= 4 is 17.0 Å². The highest BCUT2D eigenvalue weighted by atomic mass is 16.5. The molecule has 2 fully saturated rings. The van der Waals surface area contributed by atoms with E-state index < -0.39 is 0 Å². The van der Waals surface area contributed by atoms with Crippen molar-refractivity contribution in [1.82, 2.24) is 14.6 Å². The van der Waals surface area contributed by atoms with Crippen LogP contribution in [0, 0.1) is 25.7 Å². The first kappa shape index (κ1) is 23.2. The van der Waals surface area contributed by atoms with Gasteiger partial charge in [-0.25, -0.2) is 9.50 Å². The standard InChI is InChI=1S/C28H39N5O/c1-6-23-28(32(16-21-12-13-21)17-22-9-8-14-34-18-22)25-11-7-10-24(33(25)30-23)27-19(2)15-26(31(4)5)29-20(27)3/h7,10-11,15,21-22H,6,8-9,12-14,16-18H2,1-5H3. The van der Waals surface area contributed by atoms with Crippen LogP contribution >= 0.6 is 0 Å². The molecule has 0 N–H and O–H groups in total. The lowest BCUT2D eigenvalue weighted by atomic mass is 10.0. The minimum Gasteiger partial charge on any atom is -0.381 e. The number of aromatic nitrogens is 3. The lowest BCUT2D eigenvalue weighted by molar-refractivity contribution is 0.0572. The summed E-state index contributed by atoms with van der Waals surface area (Å²) in [5.74, 6) is 2.41. The van der Waals surface area contributed by atoms with Gasteiger partial charge in [-0.1, -0.05) is 13.0 Å². The molecule has 182 valence electrons. The van der Waals surface area contributed by atoms with Crippen LogP contribution in [-0.4, -0.2) is 55.0 Å². The monoisotopic (exact) mass is 461 g/mol. The molecule has 0 radical (unpaired) electrons. The van der Waals surface area contributed by atoms with E-state index in [9.17, 15) is 0 Å². The molecule has 1 aliphatic carbocycles. The maximum atomic E-state index is 5.84. The Labute approximate surface area is 203 Å². The number of hydrogen-bond acceptors (Lipinski definition) is 5. The molecule has 6 heteroatoms. The van der Waals surface area contributed by atoms with Crippen molar-refractivity contribution in [2.45, 2.75) is 52.9 Å². The summed E-state index contributed by atoms with van der Waals surface area (Å²) in [6.45, 7) is 10.5. The average molecular weight is 462 g/mol. The molecule has 3 aromatic heterocycles. The third-order valence-corrected chi connectivity index (χ3v) is 7.36. The zero-order valence-electron chi connectivity index (χ0n) is 21.5. The van der Waals surface area contributed by atoms with Gasteiger partial charge >= 0.3 is 0 Å². The Morgan fingerprint density at radius 2 is 1.88 bits per heavy atom. The van der Waals surface area contributed by atoms with Crippen LogP contribution in [0.15, 0.2) is 24.3 Å². The summed E-state index contributed by atoms with van der Waals surface area (Å²) in [5, 5.41) is 5.19. The van der Waals surface area contributed by atoms with Gasteiger partial charge in [-0.2, -0.15) is 5.10 Å². The molecule has 1 unspecified atom stereocenters. The molecule has 5 rings (SSSR count). The molecule has 1 saturated heterocycles. The molecule has 4 heterocycles. The van der Waals surface area contributed by atoms with Crippen molar-refractivity contribution < 1.29 is 4.74 Å². The highest BCUT2D eigenvalue weighted by Gasteiger charge is 2.30. The number of pyridine rings is 2. The molecule has 1 aliphatic heterocycles. The Bertz CT molecular complexity index is 1130. The van der Waals surface area contributed by atoms with Gasteiger partial charge < -0.3 is 14.5 Å². The Morgan fingerprint density at radius 1 is 1.09 bits per heavy atom. The van der Waals surface area contributed by atoms with Gasteiger partial charge in [-0.15, -0.1) is 0 Å². The van der Waals surface area contributed by atoms with E-state index in [4.69, 9.17) is 14.8 Å². The van der Waals surface area contributed by atoms with Crippen LogP contribution in [0.2, 0.25) is 0 Å².